The number of carbonyl (C=O) groups is 2. The Hall–Kier alpha value is -1.85. The summed E-state index contributed by atoms with van der Waals surface area (Å²) in [6, 6.07) is 0. The van der Waals surface area contributed by atoms with Gasteiger partial charge in [-0.2, -0.15) is 0 Å². The molecule has 0 aromatic carbocycles. The lowest BCUT2D eigenvalue weighted by molar-refractivity contribution is -0.880. The van der Waals surface area contributed by atoms with Crippen molar-refractivity contribution in [3.63, 3.8) is 0 Å². The Balaban J connectivity index is 0.0000221. The van der Waals surface area contributed by atoms with Gasteiger partial charge in [0.1, 0.15) is 13.1 Å². The summed E-state index contributed by atoms with van der Waals surface area (Å²) in [5, 5.41) is 0. The fourth-order valence-corrected chi connectivity index (χ4v) is 6.13. The third-order valence-electron chi connectivity index (χ3n) is 8.99. The number of carbonyl (C=O) groups excluding carboxylic acids is 2. The van der Waals surface area contributed by atoms with Gasteiger partial charge in [-0.05, 0) is 77.0 Å². The number of unbranched alkanes of at least 4 members (excludes halogenated alkanes) is 16. The van der Waals surface area contributed by atoms with Gasteiger partial charge in [0.15, 0.2) is 12.2 Å². The first-order chi connectivity index (χ1) is 22.9. The molecule has 0 spiro atoms. The Morgan fingerprint density at radius 2 is 0.812 bits per heavy atom. The molecule has 1 aliphatic heterocycles. The average molecular weight is 693 g/mol. The molecule has 48 heavy (non-hydrogen) atoms. The first kappa shape index (κ1) is 46.1. The van der Waals surface area contributed by atoms with Crippen LogP contribution in [-0.4, -0.2) is 55.8 Å². The van der Waals surface area contributed by atoms with Crippen molar-refractivity contribution in [1.82, 2.24) is 0 Å². The van der Waals surface area contributed by atoms with Gasteiger partial charge in [-0.3, -0.25) is 9.59 Å². The van der Waals surface area contributed by atoms with Gasteiger partial charge < -0.3 is 26.4 Å². The Labute approximate surface area is 303 Å². The van der Waals surface area contributed by atoms with Crippen molar-refractivity contribution < 1.29 is 36.0 Å². The summed E-state index contributed by atoms with van der Waals surface area (Å²) in [5.74, 6) is -0.310. The smallest absolute Gasteiger partial charge is 0.306 e. The van der Waals surface area contributed by atoms with Crippen molar-refractivity contribution in [2.45, 2.75) is 180 Å². The number of ether oxygens (including phenoxy) is 2. The zero-order valence-electron chi connectivity index (χ0n) is 31.6. The molecule has 1 fully saturated rings. The number of esters is 2. The maximum atomic E-state index is 12.6. The van der Waals surface area contributed by atoms with Crippen LogP contribution in [0.25, 0.3) is 0 Å². The molecular formula is C42H74ClNO4. The summed E-state index contributed by atoms with van der Waals surface area (Å²) in [6.45, 7) is 5.87. The van der Waals surface area contributed by atoms with Gasteiger partial charge in [0.2, 0.25) is 0 Å². The number of allylic oxidation sites excluding steroid dienone is 8. The largest absolute Gasteiger partial charge is 1.00 e. The molecule has 1 saturated heterocycles. The lowest BCUT2D eigenvalue weighted by atomic mass is 10.1. The van der Waals surface area contributed by atoms with E-state index in [2.05, 4.69) is 76.6 Å². The molecule has 0 amide bonds. The molecule has 278 valence electrons. The Morgan fingerprint density at radius 1 is 0.500 bits per heavy atom. The fourth-order valence-electron chi connectivity index (χ4n) is 6.13. The third kappa shape index (κ3) is 28.0. The quantitative estimate of drug-likeness (QED) is 0.0328. The molecule has 0 unspecified atom stereocenters. The van der Waals surface area contributed by atoms with Gasteiger partial charge in [-0.15, -0.1) is 0 Å². The van der Waals surface area contributed by atoms with Gasteiger partial charge in [0.25, 0.3) is 0 Å². The summed E-state index contributed by atoms with van der Waals surface area (Å²) < 4.78 is 12.4. The van der Waals surface area contributed by atoms with Crippen LogP contribution in [0.4, 0.5) is 0 Å². The van der Waals surface area contributed by atoms with Crippen LogP contribution >= 0.6 is 0 Å². The average Bonchev–Trinajstić information content (AvgIpc) is 3.32. The zero-order valence-corrected chi connectivity index (χ0v) is 32.4. The molecule has 0 radical (unpaired) electrons. The van der Waals surface area contributed by atoms with E-state index < -0.39 is 0 Å². The van der Waals surface area contributed by atoms with E-state index in [9.17, 15) is 9.59 Å². The number of halogens is 1. The maximum absolute atomic E-state index is 12.6. The predicted octanol–water partition coefficient (Wildman–Crippen LogP) is 8.53. The number of likely N-dealkylation sites (tertiary alicyclic amines) is 1. The van der Waals surface area contributed by atoms with E-state index in [0.717, 1.165) is 64.2 Å². The van der Waals surface area contributed by atoms with E-state index in [0.29, 0.717) is 30.4 Å². The molecule has 0 aromatic heterocycles. The van der Waals surface area contributed by atoms with Crippen LogP contribution < -0.4 is 12.4 Å². The zero-order chi connectivity index (χ0) is 34.3. The third-order valence-corrected chi connectivity index (χ3v) is 8.99. The standard InChI is InChI=1S/C42H74NO4.ClH/c1-5-7-9-11-13-15-17-19-21-23-25-27-29-31-33-35-41(44)46-39-37-43(3,4)38-40(39)47-42(45)36-34-32-30-28-26-24-22-20-18-16-14-12-10-8-6-2;/h13-16,19-22,39-40H,5-12,17-18,23-38H2,1-4H3;1H/q+1;/p-1/b15-13-,16-14-,21-19-,22-20-;/t39-,40-;/m1./s1. The van der Waals surface area contributed by atoms with Gasteiger partial charge in [0, 0.05) is 12.8 Å². The molecule has 2 atom stereocenters. The highest BCUT2D eigenvalue weighted by molar-refractivity contribution is 5.70. The molecule has 0 aromatic rings. The second-order valence-electron chi connectivity index (χ2n) is 14.3. The monoisotopic (exact) mass is 692 g/mol. The molecule has 1 aliphatic rings. The van der Waals surface area contributed by atoms with Crippen LogP contribution in [0.1, 0.15) is 168 Å². The Morgan fingerprint density at radius 3 is 1.17 bits per heavy atom. The SMILES string of the molecule is CCCCC/C=C\C/C=C\CCCCCCCC(=O)O[C@@H]1C[N+](C)(C)C[C@H]1OC(=O)CCCCCCC/C=C\C/C=C\CCCCC.[Cl-]. The van der Waals surface area contributed by atoms with Crippen molar-refractivity contribution in [2.24, 2.45) is 0 Å². The summed E-state index contributed by atoms with van der Waals surface area (Å²) in [4.78, 5) is 25.2. The van der Waals surface area contributed by atoms with Gasteiger partial charge in [-0.25, -0.2) is 0 Å². The molecule has 1 heterocycles. The van der Waals surface area contributed by atoms with E-state index in [1.807, 2.05) is 0 Å². The lowest BCUT2D eigenvalue weighted by Gasteiger charge is -2.22. The maximum Gasteiger partial charge on any atom is 0.306 e. The summed E-state index contributed by atoms with van der Waals surface area (Å²) in [7, 11) is 4.21. The highest BCUT2D eigenvalue weighted by Gasteiger charge is 2.45. The van der Waals surface area contributed by atoms with Gasteiger partial charge >= 0.3 is 11.9 Å². The van der Waals surface area contributed by atoms with Crippen LogP contribution in [0.3, 0.4) is 0 Å². The minimum absolute atomic E-state index is 0. The molecule has 0 saturated carbocycles. The molecule has 0 bridgehead atoms. The van der Waals surface area contributed by atoms with Crippen molar-refractivity contribution in [1.29, 1.82) is 0 Å². The number of likely N-dealkylation sites (N-methyl/N-ethyl adjacent to an activating group) is 1. The minimum atomic E-state index is -0.343. The highest BCUT2D eigenvalue weighted by Crippen LogP contribution is 2.23. The number of hydrogen-bond donors (Lipinski definition) is 0. The lowest BCUT2D eigenvalue weighted by Crippen LogP contribution is -3.00. The van der Waals surface area contributed by atoms with Crippen LogP contribution in [0.5, 0.6) is 0 Å². The van der Waals surface area contributed by atoms with Crippen molar-refractivity contribution in [3.05, 3.63) is 48.6 Å². The Bertz CT molecular complexity index is 824. The predicted molar refractivity (Wildman–Crippen MR) is 200 cm³/mol. The number of hydrogen-bond acceptors (Lipinski definition) is 4. The first-order valence-corrected chi connectivity index (χ1v) is 19.7. The number of nitrogens with zero attached hydrogens (tertiary/aromatic N) is 1. The molecule has 5 nitrogen and oxygen atoms in total. The molecule has 6 heteroatoms. The van der Waals surface area contributed by atoms with Crippen molar-refractivity contribution >= 4 is 11.9 Å². The van der Waals surface area contributed by atoms with Gasteiger partial charge in [0.05, 0.1) is 14.1 Å². The minimum Gasteiger partial charge on any atom is -1.00 e. The molecule has 1 rings (SSSR count). The van der Waals surface area contributed by atoms with E-state index in [4.69, 9.17) is 9.47 Å². The summed E-state index contributed by atoms with van der Waals surface area (Å²) in [6.07, 6.45) is 44.1. The van der Waals surface area contributed by atoms with E-state index >= 15 is 0 Å². The molecule has 0 N–H and O–H groups in total. The van der Waals surface area contributed by atoms with E-state index in [1.54, 1.807) is 0 Å². The second-order valence-corrected chi connectivity index (χ2v) is 14.3. The normalized spacial score (nSPS) is 17.6. The van der Waals surface area contributed by atoms with Crippen molar-refractivity contribution in [3.8, 4) is 0 Å². The van der Waals surface area contributed by atoms with Crippen LogP contribution in [0.2, 0.25) is 0 Å². The van der Waals surface area contributed by atoms with Crippen LogP contribution in [0.15, 0.2) is 48.6 Å². The molecular weight excluding hydrogens is 618 g/mol. The highest BCUT2D eigenvalue weighted by atomic mass is 35.5. The summed E-state index contributed by atoms with van der Waals surface area (Å²) in [5.41, 5.74) is 0. The topological polar surface area (TPSA) is 52.6 Å². The molecule has 0 aliphatic carbocycles. The van der Waals surface area contributed by atoms with Gasteiger partial charge in [-0.1, -0.05) is 127 Å². The van der Waals surface area contributed by atoms with Crippen molar-refractivity contribution in [2.75, 3.05) is 27.2 Å². The fraction of sp³-hybridized carbons (Fsp3) is 0.762. The van der Waals surface area contributed by atoms with Crippen LogP contribution in [0, 0.1) is 0 Å². The first-order valence-electron chi connectivity index (χ1n) is 19.7. The number of rotatable bonds is 30. The van der Waals surface area contributed by atoms with Crippen LogP contribution in [-0.2, 0) is 19.1 Å². The van der Waals surface area contributed by atoms with E-state index in [1.165, 1.54) is 77.0 Å². The summed E-state index contributed by atoms with van der Waals surface area (Å²) >= 11 is 0. The Kier molecular flexibility index (Phi) is 31.1. The van der Waals surface area contributed by atoms with E-state index in [-0.39, 0.29) is 36.6 Å². The second kappa shape index (κ2) is 32.4. The number of quaternary nitrogens is 1.